The van der Waals surface area contributed by atoms with Crippen LogP contribution in [0, 0.1) is 5.92 Å². The molecule has 1 aliphatic rings. The van der Waals surface area contributed by atoms with Crippen molar-refractivity contribution in [2.75, 3.05) is 14.2 Å². The second kappa shape index (κ2) is 5.36. The minimum atomic E-state index is -0.640. The fourth-order valence-corrected chi connectivity index (χ4v) is 2.63. The Morgan fingerprint density at radius 3 is 2.40 bits per heavy atom. The van der Waals surface area contributed by atoms with E-state index in [1.807, 2.05) is 0 Å². The van der Waals surface area contributed by atoms with Crippen LogP contribution in [0.15, 0.2) is 29.8 Å². The van der Waals surface area contributed by atoms with E-state index in [9.17, 15) is 14.7 Å². The largest absolute Gasteiger partial charge is 0.507 e. The van der Waals surface area contributed by atoms with Crippen molar-refractivity contribution in [3.63, 3.8) is 0 Å². The maximum absolute atomic E-state index is 12.0. The average Bonchev–Trinajstić information content (AvgIpc) is 2.46. The molecule has 1 aromatic carbocycles. The molecular weight excluding hydrogens is 260 g/mol. The zero-order valence-electron chi connectivity index (χ0n) is 11.5. The molecule has 2 rings (SSSR count). The number of fused-ring (bicyclic) bond motifs is 1. The highest BCUT2D eigenvalue weighted by Gasteiger charge is 2.41. The average molecular weight is 276 g/mol. The topological polar surface area (TPSA) is 72.8 Å². The number of methoxy groups -OCH3 is 2. The third-order valence-electron chi connectivity index (χ3n) is 3.62. The van der Waals surface area contributed by atoms with Crippen molar-refractivity contribution >= 4 is 17.7 Å². The first-order valence-electron chi connectivity index (χ1n) is 6.21. The third-order valence-corrected chi connectivity index (χ3v) is 3.62. The lowest BCUT2D eigenvalue weighted by Crippen LogP contribution is -2.30. The number of aliphatic hydroxyl groups is 1. The molecule has 0 saturated carbocycles. The van der Waals surface area contributed by atoms with Crippen LogP contribution in [0.4, 0.5) is 0 Å². The SMILES string of the molecule is COC(=O)C1=C(O)c2ccccc2[C@@H](C(=O)OC)[C@@H]1C. The number of carbonyl (C=O) groups is 2. The number of carbonyl (C=O) groups excluding carboxylic acids is 2. The third kappa shape index (κ3) is 2.05. The van der Waals surface area contributed by atoms with Gasteiger partial charge in [0.15, 0.2) is 0 Å². The van der Waals surface area contributed by atoms with E-state index in [2.05, 4.69) is 0 Å². The predicted octanol–water partition coefficient (Wildman–Crippen LogP) is 2.04. The highest BCUT2D eigenvalue weighted by atomic mass is 16.5. The van der Waals surface area contributed by atoms with Crippen molar-refractivity contribution in [3.8, 4) is 0 Å². The molecule has 20 heavy (non-hydrogen) atoms. The fourth-order valence-electron chi connectivity index (χ4n) is 2.63. The first-order chi connectivity index (χ1) is 9.52. The number of esters is 2. The van der Waals surface area contributed by atoms with Gasteiger partial charge in [0.1, 0.15) is 5.76 Å². The molecule has 0 saturated heterocycles. The summed E-state index contributed by atoms with van der Waals surface area (Å²) in [5, 5.41) is 10.3. The Balaban J connectivity index is 2.67. The van der Waals surface area contributed by atoms with Gasteiger partial charge < -0.3 is 14.6 Å². The lowest BCUT2D eigenvalue weighted by molar-refractivity contribution is -0.143. The van der Waals surface area contributed by atoms with Gasteiger partial charge in [-0.3, -0.25) is 4.79 Å². The lowest BCUT2D eigenvalue weighted by Gasteiger charge is -2.30. The van der Waals surface area contributed by atoms with Crippen molar-refractivity contribution in [2.24, 2.45) is 5.92 Å². The number of hydrogen-bond acceptors (Lipinski definition) is 5. The van der Waals surface area contributed by atoms with E-state index in [0.717, 1.165) is 0 Å². The minimum Gasteiger partial charge on any atom is -0.507 e. The van der Waals surface area contributed by atoms with Gasteiger partial charge in [-0.2, -0.15) is 0 Å². The summed E-state index contributed by atoms with van der Waals surface area (Å²) in [6.45, 7) is 1.69. The van der Waals surface area contributed by atoms with Gasteiger partial charge in [-0.1, -0.05) is 31.2 Å². The van der Waals surface area contributed by atoms with Crippen LogP contribution >= 0.6 is 0 Å². The standard InChI is InChI=1S/C15H16O5/c1-8-11(14(17)19-2)9-6-4-5-7-10(9)13(16)12(8)15(18)20-3/h4-8,11,16H,1-3H3/t8-,11-/m0/s1. The smallest absolute Gasteiger partial charge is 0.337 e. The number of aliphatic hydroxyl groups excluding tert-OH is 1. The van der Waals surface area contributed by atoms with Gasteiger partial charge in [0.25, 0.3) is 0 Å². The minimum absolute atomic E-state index is 0.0987. The number of ether oxygens (including phenoxy) is 2. The van der Waals surface area contributed by atoms with E-state index in [1.165, 1.54) is 14.2 Å². The molecule has 5 heteroatoms. The highest BCUT2D eigenvalue weighted by molar-refractivity contribution is 6.00. The predicted molar refractivity (Wildman–Crippen MR) is 71.9 cm³/mol. The summed E-state index contributed by atoms with van der Waals surface area (Å²) in [6.07, 6.45) is 0. The number of rotatable bonds is 2. The van der Waals surface area contributed by atoms with Crippen LogP contribution in [0.1, 0.15) is 24.0 Å². The first kappa shape index (κ1) is 14.1. The van der Waals surface area contributed by atoms with Crippen molar-refractivity contribution < 1.29 is 24.2 Å². The van der Waals surface area contributed by atoms with Gasteiger partial charge in [-0.05, 0) is 5.56 Å². The van der Waals surface area contributed by atoms with Crippen molar-refractivity contribution in [1.29, 1.82) is 0 Å². The molecular formula is C15H16O5. The van der Waals surface area contributed by atoms with Crippen molar-refractivity contribution in [2.45, 2.75) is 12.8 Å². The molecule has 2 atom stereocenters. The van der Waals surface area contributed by atoms with Crippen molar-refractivity contribution in [3.05, 3.63) is 41.0 Å². The molecule has 0 aliphatic heterocycles. The zero-order valence-corrected chi connectivity index (χ0v) is 11.5. The van der Waals surface area contributed by atoms with Gasteiger partial charge in [-0.25, -0.2) is 4.79 Å². The summed E-state index contributed by atoms with van der Waals surface area (Å²) in [6, 6.07) is 6.92. The molecule has 1 N–H and O–H groups in total. The summed E-state index contributed by atoms with van der Waals surface area (Å²) in [5.74, 6) is -2.39. The van der Waals surface area contributed by atoms with Crippen molar-refractivity contribution in [1.82, 2.24) is 0 Å². The van der Waals surface area contributed by atoms with Gasteiger partial charge in [0.05, 0.1) is 25.7 Å². The number of hydrogen-bond donors (Lipinski definition) is 1. The molecule has 0 fully saturated rings. The van der Waals surface area contributed by atoms with E-state index in [1.54, 1.807) is 31.2 Å². The molecule has 1 aliphatic carbocycles. The van der Waals surface area contributed by atoms with E-state index < -0.39 is 23.8 Å². The summed E-state index contributed by atoms with van der Waals surface area (Å²) in [4.78, 5) is 23.9. The van der Waals surface area contributed by atoms with Crippen LogP contribution in [0.5, 0.6) is 0 Å². The zero-order chi connectivity index (χ0) is 14.9. The summed E-state index contributed by atoms with van der Waals surface area (Å²) < 4.78 is 9.52. The Hall–Kier alpha value is -2.30. The summed E-state index contributed by atoms with van der Waals surface area (Å²) in [7, 11) is 2.54. The fraction of sp³-hybridized carbons (Fsp3) is 0.333. The van der Waals surface area contributed by atoms with Crippen LogP contribution in [0.25, 0.3) is 5.76 Å². The Kier molecular flexibility index (Phi) is 3.79. The Morgan fingerprint density at radius 1 is 1.15 bits per heavy atom. The molecule has 0 heterocycles. The van der Waals surface area contributed by atoms with Crippen LogP contribution in [-0.2, 0) is 19.1 Å². The van der Waals surface area contributed by atoms with Crippen LogP contribution in [-0.4, -0.2) is 31.3 Å². The maximum atomic E-state index is 12.0. The van der Waals surface area contributed by atoms with Crippen LogP contribution in [0.3, 0.4) is 0 Å². The van der Waals surface area contributed by atoms with E-state index in [4.69, 9.17) is 9.47 Å². The summed E-state index contributed by atoms with van der Waals surface area (Å²) in [5.41, 5.74) is 1.21. The molecule has 106 valence electrons. The number of benzene rings is 1. The van der Waals surface area contributed by atoms with Gasteiger partial charge in [-0.15, -0.1) is 0 Å². The molecule has 5 nitrogen and oxygen atoms in total. The molecule has 0 radical (unpaired) electrons. The monoisotopic (exact) mass is 276 g/mol. The molecule has 1 aromatic rings. The maximum Gasteiger partial charge on any atom is 0.337 e. The van der Waals surface area contributed by atoms with Gasteiger partial charge >= 0.3 is 11.9 Å². The normalized spacial score (nSPS) is 21.1. The van der Waals surface area contributed by atoms with E-state index in [-0.39, 0.29) is 11.3 Å². The molecule has 0 spiro atoms. The quantitative estimate of drug-likeness (QED) is 0.837. The first-order valence-corrected chi connectivity index (χ1v) is 6.21. The Labute approximate surface area is 116 Å². The molecule has 0 bridgehead atoms. The summed E-state index contributed by atoms with van der Waals surface area (Å²) >= 11 is 0. The second-order valence-electron chi connectivity index (χ2n) is 4.63. The van der Waals surface area contributed by atoms with Crippen LogP contribution < -0.4 is 0 Å². The molecule has 0 aromatic heterocycles. The highest BCUT2D eigenvalue weighted by Crippen LogP contribution is 2.42. The van der Waals surface area contributed by atoms with E-state index in [0.29, 0.717) is 11.1 Å². The molecule has 0 amide bonds. The van der Waals surface area contributed by atoms with Crippen LogP contribution in [0.2, 0.25) is 0 Å². The Morgan fingerprint density at radius 2 is 1.80 bits per heavy atom. The second-order valence-corrected chi connectivity index (χ2v) is 4.63. The van der Waals surface area contributed by atoms with Gasteiger partial charge in [0.2, 0.25) is 0 Å². The lowest BCUT2D eigenvalue weighted by atomic mass is 9.74. The Bertz CT molecular complexity index is 588. The van der Waals surface area contributed by atoms with Gasteiger partial charge in [0, 0.05) is 11.5 Å². The molecule has 0 unspecified atom stereocenters. The van der Waals surface area contributed by atoms with E-state index >= 15 is 0 Å².